The molecule has 0 aliphatic carbocycles. The Kier molecular flexibility index (Phi) is 4.99. The van der Waals surface area contributed by atoms with E-state index in [1.54, 1.807) is 7.11 Å². The molecular formula is C14H21N3OS. The maximum atomic E-state index is 5.07. The zero-order valence-electron chi connectivity index (χ0n) is 11.8. The van der Waals surface area contributed by atoms with Crippen molar-refractivity contribution in [1.29, 1.82) is 0 Å². The second-order valence-corrected chi connectivity index (χ2v) is 5.94. The Morgan fingerprint density at radius 2 is 2.26 bits per heavy atom. The highest BCUT2D eigenvalue weighted by Gasteiger charge is 2.05. The molecular weight excluding hydrogens is 258 g/mol. The van der Waals surface area contributed by atoms with Gasteiger partial charge in [-0.1, -0.05) is 0 Å². The zero-order valence-corrected chi connectivity index (χ0v) is 12.6. The molecule has 0 aromatic carbocycles. The van der Waals surface area contributed by atoms with Gasteiger partial charge in [0.25, 0.3) is 0 Å². The molecule has 2 rings (SSSR count). The van der Waals surface area contributed by atoms with Gasteiger partial charge in [-0.25, -0.2) is 4.98 Å². The van der Waals surface area contributed by atoms with Gasteiger partial charge in [-0.05, 0) is 31.9 Å². The summed E-state index contributed by atoms with van der Waals surface area (Å²) in [6.07, 6.45) is 4.84. The van der Waals surface area contributed by atoms with Crippen molar-refractivity contribution in [1.82, 2.24) is 9.55 Å². The smallest absolute Gasteiger partial charge is 0.203 e. The Labute approximate surface area is 118 Å². The summed E-state index contributed by atoms with van der Waals surface area (Å²) in [7, 11) is 1.73. The molecule has 0 amide bonds. The number of aryl methyl sites for hydroxylation is 3. The second-order valence-electron chi connectivity index (χ2n) is 4.60. The van der Waals surface area contributed by atoms with E-state index in [4.69, 9.17) is 4.74 Å². The van der Waals surface area contributed by atoms with Crippen LogP contribution >= 0.6 is 11.3 Å². The standard InChI is InChI=1S/C14H21N3OS/c1-11-9-13(19-12(11)2)10-16-14-15-5-7-17(14)6-4-8-18-3/h5,7,9H,4,6,8,10H2,1-3H3,(H,15,16). The number of hydrogen-bond acceptors (Lipinski definition) is 4. The van der Waals surface area contributed by atoms with Crippen LogP contribution in [0.2, 0.25) is 0 Å². The number of hydrogen-bond donors (Lipinski definition) is 1. The summed E-state index contributed by atoms with van der Waals surface area (Å²) in [4.78, 5) is 7.09. The summed E-state index contributed by atoms with van der Waals surface area (Å²) in [6, 6.07) is 2.24. The third-order valence-corrected chi connectivity index (χ3v) is 4.25. The fourth-order valence-electron chi connectivity index (χ4n) is 1.94. The average molecular weight is 279 g/mol. The van der Waals surface area contributed by atoms with E-state index in [1.807, 2.05) is 23.7 Å². The Hall–Kier alpha value is -1.33. The number of imidazole rings is 1. The normalized spacial score (nSPS) is 10.9. The van der Waals surface area contributed by atoms with Gasteiger partial charge in [-0.15, -0.1) is 11.3 Å². The highest BCUT2D eigenvalue weighted by Crippen LogP contribution is 2.21. The second kappa shape index (κ2) is 6.73. The highest BCUT2D eigenvalue weighted by molar-refractivity contribution is 7.12. The molecule has 104 valence electrons. The lowest BCUT2D eigenvalue weighted by Crippen LogP contribution is -2.08. The minimum atomic E-state index is 0.779. The number of nitrogens with zero attached hydrogens (tertiary/aromatic N) is 2. The van der Waals surface area contributed by atoms with Crippen molar-refractivity contribution in [2.24, 2.45) is 0 Å². The van der Waals surface area contributed by atoms with Crippen LogP contribution in [0.4, 0.5) is 5.95 Å². The number of methoxy groups -OCH3 is 1. The van der Waals surface area contributed by atoms with Gasteiger partial charge in [0.15, 0.2) is 0 Å². The van der Waals surface area contributed by atoms with Crippen LogP contribution in [-0.2, 0) is 17.8 Å². The third-order valence-electron chi connectivity index (χ3n) is 3.10. The van der Waals surface area contributed by atoms with Gasteiger partial charge in [-0.3, -0.25) is 0 Å². The number of anilines is 1. The van der Waals surface area contributed by atoms with E-state index >= 15 is 0 Å². The molecule has 1 N–H and O–H groups in total. The van der Waals surface area contributed by atoms with Crippen LogP contribution in [0.3, 0.4) is 0 Å². The summed E-state index contributed by atoms with van der Waals surface area (Å²) in [6.45, 7) is 6.86. The fraction of sp³-hybridized carbons (Fsp3) is 0.500. The zero-order chi connectivity index (χ0) is 13.7. The molecule has 2 aromatic heterocycles. The van der Waals surface area contributed by atoms with Gasteiger partial charge in [-0.2, -0.15) is 0 Å². The summed E-state index contributed by atoms with van der Waals surface area (Å²) in [5.74, 6) is 0.930. The monoisotopic (exact) mass is 279 g/mol. The topological polar surface area (TPSA) is 39.1 Å². The van der Waals surface area contributed by atoms with Crippen molar-refractivity contribution in [2.75, 3.05) is 19.0 Å². The first kappa shape index (κ1) is 14.1. The number of ether oxygens (including phenoxy) is 1. The number of nitrogens with one attached hydrogen (secondary N) is 1. The van der Waals surface area contributed by atoms with Gasteiger partial charge in [0, 0.05) is 42.4 Å². The van der Waals surface area contributed by atoms with E-state index in [0.717, 1.165) is 32.1 Å². The molecule has 0 saturated heterocycles. The van der Waals surface area contributed by atoms with Crippen LogP contribution in [0.25, 0.3) is 0 Å². The molecule has 2 aromatic rings. The average Bonchev–Trinajstić information content (AvgIpc) is 2.95. The Morgan fingerprint density at radius 3 is 2.95 bits per heavy atom. The first-order valence-electron chi connectivity index (χ1n) is 6.50. The van der Waals surface area contributed by atoms with Crippen LogP contribution < -0.4 is 5.32 Å². The predicted octanol–water partition coefficient (Wildman–Crippen LogP) is 3.21. The van der Waals surface area contributed by atoms with Crippen molar-refractivity contribution >= 4 is 17.3 Å². The predicted molar refractivity (Wildman–Crippen MR) is 79.8 cm³/mol. The molecule has 0 unspecified atom stereocenters. The molecule has 0 aliphatic rings. The van der Waals surface area contributed by atoms with Crippen LogP contribution in [0.5, 0.6) is 0 Å². The molecule has 0 atom stereocenters. The first-order valence-corrected chi connectivity index (χ1v) is 7.32. The fourth-order valence-corrected chi connectivity index (χ4v) is 2.93. The molecule has 0 aliphatic heterocycles. The van der Waals surface area contributed by atoms with Crippen LogP contribution in [0.1, 0.15) is 21.7 Å². The quantitative estimate of drug-likeness (QED) is 0.791. The van der Waals surface area contributed by atoms with E-state index in [-0.39, 0.29) is 0 Å². The van der Waals surface area contributed by atoms with Crippen LogP contribution in [-0.4, -0.2) is 23.3 Å². The summed E-state index contributed by atoms with van der Waals surface area (Å²) in [5.41, 5.74) is 1.37. The van der Waals surface area contributed by atoms with Crippen LogP contribution in [0.15, 0.2) is 18.5 Å². The maximum absolute atomic E-state index is 5.07. The van der Waals surface area contributed by atoms with Crippen molar-refractivity contribution in [3.8, 4) is 0 Å². The lowest BCUT2D eigenvalue weighted by molar-refractivity contribution is 0.190. The lowest BCUT2D eigenvalue weighted by Gasteiger charge is -2.08. The van der Waals surface area contributed by atoms with Crippen LogP contribution in [0, 0.1) is 13.8 Å². The number of aromatic nitrogens is 2. The first-order chi connectivity index (χ1) is 9.20. The van der Waals surface area contributed by atoms with Gasteiger partial charge >= 0.3 is 0 Å². The largest absolute Gasteiger partial charge is 0.385 e. The molecule has 2 heterocycles. The van der Waals surface area contributed by atoms with Gasteiger partial charge in [0.1, 0.15) is 0 Å². The maximum Gasteiger partial charge on any atom is 0.203 e. The van der Waals surface area contributed by atoms with Crippen molar-refractivity contribution in [3.63, 3.8) is 0 Å². The van der Waals surface area contributed by atoms with Crippen molar-refractivity contribution in [2.45, 2.75) is 33.4 Å². The molecule has 19 heavy (non-hydrogen) atoms. The molecule has 0 saturated carbocycles. The van der Waals surface area contributed by atoms with E-state index in [1.165, 1.54) is 15.3 Å². The summed E-state index contributed by atoms with van der Waals surface area (Å²) < 4.78 is 7.20. The molecule has 0 bridgehead atoms. The van der Waals surface area contributed by atoms with Crippen molar-refractivity contribution in [3.05, 3.63) is 33.8 Å². The summed E-state index contributed by atoms with van der Waals surface area (Å²) >= 11 is 1.84. The molecule has 0 spiro atoms. The minimum absolute atomic E-state index is 0.779. The SMILES string of the molecule is COCCCn1ccnc1NCc1cc(C)c(C)s1. The number of rotatable bonds is 7. The highest BCUT2D eigenvalue weighted by atomic mass is 32.1. The van der Waals surface area contributed by atoms with Crippen molar-refractivity contribution < 1.29 is 4.74 Å². The molecule has 5 heteroatoms. The third kappa shape index (κ3) is 3.81. The number of thiophene rings is 1. The molecule has 4 nitrogen and oxygen atoms in total. The minimum Gasteiger partial charge on any atom is -0.385 e. The molecule has 0 radical (unpaired) electrons. The Balaban J connectivity index is 1.90. The van der Waals surface area contributed by atoms with E-state index in [9.17, 15) is 0 Å². The van der Waals surface area contributed by atoms with E-state index in [2.05, 4.69) is 34.8 Å². The summed E-state index contributed by atoms with van der Waals surface area (Å²) in [5, 5.41) is 3.40. The Morgan fingerprint density at radius 1 is 1.42 bits per heavy atom. The lowest BCUT2D eigenvalue weighted by atomic mass is 10.3. The van der Waals surface area contributed by atoms with E-state index in [0.29, 0.717) is 0 Å². The van der Waals surface area contributed by atoms with Gasteiger partial charge < -0.3 is 14.6 Å². The van der Waals surface area contributed by atoms with Gasteiger partial charge in [0.2, 0.25) is 5.95 Å². The van der Waals surface area contributed by atoms with E-state index < -0.39 is 0 Å². The van der Waals surface area contributed by atoms with Gasteiger partial charge in [0.05, 0.1) is 6.54 Å². The Bertz CT molecular complexity index is 499. The molecule has 0 fully saturated rings.